The Labute approximate surface area is 179 Å². The first-order valence-electron chi connectivity index (χ1n) is 9.24. The summed E-state index contributed by atoms with van der Waals surface area (Å²) in [6.45, 7) is 3.97. The lowest BCUT2D eigenvalue weighted by molar-refractivity contribution is -0.113. The molecule has 0 fully saturated rings. The number of benzene rings is 2. The largest absolute Gasteiger partial charge is 0.334 e. The van der Waals surface area contributed by atoms with E-state index in [1.807, 2.05) is 68.5 Å². The normalized spacial score (nSPS) is 11.3. The number of amides is 1. The summed E-state index contributed by atoms with van der Waals surface area (Å²) in [5.74, 6) is 6.26. The van der Waals surface area contributed by atoms with Crippen LogP contribution in [-0.4, -0.2) is 32.7 Å². The van der Waals surface area contributed by atoms with Gasteiger partial charge in [-0.15, -0.1) is 10.2 Å². The number of nitrogen functional groups attached to an aromatic ring is 1. The Morgan fingerprint density at radius 1 is 1.20 bits per heavy atom. The maximum atomic E-state index is 12.2. The first kappa shape index (κ1) is 21.1. The van der Waals surface area contributed by atoms with Gasteiger partial charge < -0.3 is 11.2 Å². The summed E-state index contributed by atoms with van der Waals surface area (Å²) in [5, 5.41) is 15.3. The fraction of sp³-hybridized carbons (Fsp3) is 0.143. The van der Waals surface area contributed by atoms with E-state index in [0.29, 0.717) is 5.16 Å². The van der Waals surface area contributed by atoms with Crippen molar-refractivity contribution in [3.63, 3.8) is 0 Å². The number of rotatable bonds is 8. The number of carbonyl (C=O) groups is 1. The predicted molar refractivity (Wildman–Crippen MR) is 123 cm³/mol. The molecule has 0 aliphatic heterocycles. The predicted octanol–water partition coefficient (Wildman–Crippen LogP) is 3.45. The molecule has 0 unspecified atom stereocenters. The van der Waals surface area contributed by atoms with Crippen molar-refractivity contribution in [2.24, 2.45) is 5.10 Å². The summed E-state index contributed by atoms with van der Waals surface area (Å²) in [7, 11) is 0. The number of hydrogen-bond donors (Lipinski definition) is 3. The molecule has 0 aliphatic carbocycles. The van der Waals surface area contributed by atoms with Crippen molar-refractivity contribution in [3.8, 4) is 0 Å². The maximum absolute atomic E-state index is 12.2. The van der Waals surface area contributed by atoms with Gasteiger partial charge in [-0.1, -0.05) is 65.9 Å². The summed E-state index contributed by atoms with van der Waals surface area (Å²) in [6.07, 6.45) is 5.31. The first-order valence-corrected chi connectivity index (χ1v) is 10.2. The second kappa shape index (κ2) is 10.3. The second-order valence-corrected chi connectivity index (χ2v) is 7.43. The van der Waals surface area contributed by atoms with Gasteiger partial charge in [0.25, 0.3) is 5.95 Å². The fourth-order valence-corrected chi connectivity index (χ4v) is 3.23. The molecule has 9 heteroatoms. The minimum absolute atomic E-state index is 0.145. The van der Waals surface area contributed by atoms with Gasteiger partial charge in [-0.2, -0.15) is 5.10 Å². The van der Waals surface area contributed by atoms with E-state index in [9.17, 15) is 4.79 Å². The molecule has 0 radical (unpaired) electrons. The van der Waals surface area contributed by atoms with Crippen LogP contribution in [0.1, 0.15) is 16.7 Å². The Morgan fingerprint density at radius 2 is 2.00 bits per heavy atom. The molecule has 3 rings (SSSR count). The quantitative estimate of drug-likeness (QED) is 0.222. The molecule has 4 N–H and O–H groups in total. The van der Waals surface area contributed by atoms with Crippen molar-refractivity contribution >= 4 is 41.6 Å². The SMILES string of the molecule is Cc1ccc(NC(=O)CSc2nnc(N/N=C/C=C/c3ccccc3)n2N)c(C)c1. The van der Waals surface area contributed by atoms with Crippen LogP contribution in [-0.2, 0) is 4.79 Å². The van der Waals surface area contributed by atoms with Crippen LogP contribution < -0.4 is 16.6 Å². The van der Waals surface area contributed by atoms with Crippen LogP contribution in [0.5, 0.6) is 0 Å². The number of anilines is 2. The minimum atomic E-state index is -0.145. The molecule has 1 amide bonds. The van der Waals surface area contributed by atoms with E-state index in [-0.39, 0.29) is 17.6 Å². The Bertz CT molecular complexity index is 1060. The molecule has 2 aromatic carbocycles. The van der Waals surface area contributed by atoms with E-state index in [1.54, 1.807) is 12.3 Å². The van der Waals surface area contributed by atoms with Crippen LogP contribution in [0.2, 0.25) is 0 Å². The molecule has 30 heavy (non-hydrogen) atoms. The number of nitrogens with one attached hydrogen (secondary N) is 2. The van der Waals surface area contributed by atoms with Gasteiger partial charge in [0.15, 0.2) is 0 Å². The summed E-state index contributed by atoms with van der Waals surface area (Å²) >= 11 is 1.19. The van der Waals surface area contributed by atoms with Crippen molar-refractivity contribution in [2.45, 2.75) is 19.0 Å². The lowest BCUT2D eigenvalue weighted by Crippen LogP contribution is -2.17. The van der Waals surface area contributed by atoms with Gasteiger partial charge in [-0.05, 0) is 37.1 Å². The van der Waals surface area contributed by atoms with Crippen molar-refractivity contribution in [2.75, 3.05) is 22.3 Å². The highest BCUT2D eigenvalue weighted by Crippen LogP contribution is 2.19. The van der Waals surface area contributed by atoms with Gasteiger partial charge in [0.1, 0.15) is 0 Å². The van der Waals surface area contributed by atoms with Gasteiger partial charge in [0.05, 0.1) is 5.75 Å². The summed E-state index contributed by atoms with van der Waals surface area (Å²) in [4.78, 5) is 12.2. The second-order valence-electron chi connectivity index (χ2n) is 6.49. The maximum Gasteiger partial charge on any atom is 0.264 e. The van der Waals surface area contributed by atoms with Crippen LogP contribution >= 0.6 is 11.8 Å². The number of nitrogens with two attached hydrogens (primary N) is 1. The number of carbonyl (C=O) groups excluding carboxylic acids is 1. The molecule has 0 saturated carbocycles. The minimum Gasteiger partial charge on any atom is -0.334 e. The molecular formula is C21H23N7OS. The number of aryl methyl sites for hydroxylation is 2. The van der Waals surface area contributed by atoms with E-state index in [2.05, 4.69) is 26.0 Å². The zero-order valence-corrected chi connectivity index (χ0v) is 17.6. The lowest BCUT2D eigenvalue weighted by Gasteiger charge is -2.08. The van der Waals surface area contributed by atoms with Gasteiger partial charge in [0, 0.05) is 11.9 Å². The third kappa shape index (κ3) is 5.95. The van der Waals surface area contributed by atoms with Gasteiger partial charge in [-0.3, -0.25) is 4.79 Å². The fourth-order valence-electron chi connectivity index (χ4n) is 2.58. The molecule has 0 spiro atoms. The van der Waals surface area contributed by atoms with E-state index >= 15 is 0 Å². The van der Waals surface area contributed by atoms with E-state index in [0.717, 1.165) is 22.4 Å². The third-order valence-corrected chi connectivity index (χ3v) is 5.01. The molecular weight excluding hydrogens is 398 g/mol. The Kier molecular flexibility index (Phi) is 7.23. The lowest BCUT2D eigenvalue weighted by atomic mass is 10.1. The van der Waals surface area contributed by atoms with Crippen molar-refractivity contribution < 1.29 is 4.79 Å². The highest BCUT2D eigenvalue weighted by Gasteiger charge is 2.12. The summed E-state index contributed by atoms with van der Waals surface area (Å²) in [6, 6.07) is 15.8. The third-order valence-electron chi connectivity index (χ3n) is 4.07. The van der Waals surface area contributed by atoms with Crippen LogP contribution in [0.3, 0.4) is 0 Å². The molecule has 1 aromatic heterocycles. The molecule has 0 atom stereocenters. The van der Waals surface area contributed by atoms with Gasteiger partial charge >= 0.3 is 0 Å². The summed E-state index contributed by atoms with van der Waals surface area (Å²) < 4.78 is 1.26. The van der Waals surface area contributed by atoms with Crippen LogP contribution in [0.4, 0.5) is 11.6 Å². The zero-order valence-electron chi connectivity index (χ0n) is 16.7. The van der Waals surface area contributed by atoms with Crippen LogP contribution in [0, 0.1) is 13.8 Å². The topological polar surface area (TPSA) is 110 Å². The molecule has 0 aliphatic rings. The van der Waals surface area contributed by atoms with Crippen LogP contribution in [0.15, 0.2) is 64.9 Å². The first-order chi connectivity index (χ1) is 14.5. The van der Waals surface area contributed by atoms with Crippen molar-refractivity contribution in [1.29, 1.82) is 0 Å². The van der Waals surface area contributed by atoms with E-state index in [1.165, 1.54) is 16.4 Å². The van der Waals surface area contributed by atoms with E-state index < -0.39 is 0 Å². The van der Waals surface area contributed by atoms with Crippen molar-refractivity contribution in [1.82, 2.24) is 14.9 Å². The monoisotopic (exact) mass is 421 g/mol. The number of nitrogens with zero attached hydrogens (tertiary/aromatic N) is 4. The average molecular weight is 422 g/mol. The molecule has 3 aromatic rings. The van der Waals surface area contributed by atoms with Gasteiger partial charge in [0.2, 0.25) is 11.1 Å². The Hall–Kier alpha value is -3.59. The number of aromatic nitrogens is 3. The van der Waals surface area contributed by atoms with Crippen LogP contribution in [0.25, 0.3) is 6.08 Å². The highest BCUT2D eigenvalue weighted by atomic mass is 32.2. The number of hydrogen-bond acceptors (Lipinski definition) is 7. The molecule has 0 bridgehead atoms. The van der Waals surface area contributed by atoms with Gasteiger partial charge in [-0.25, -0.2) is 10.1 Å². The number of thioether (sulfide) groups is 1. The zero-order chi connectivity index (χ0) is 21.3. The average Bonchev–Trinajstić information content (AvgIpc) is 3.09. The molecule has 1 heterocycles. The molecule has 8 nitrogen and oxygen atoms in total. The molecule has 154 valence electrons. The van der Waals surface area contributed by atoms with E-state index in [4.69, 9.17) is 5.84 Å². The number of allylic oxidation sites excluding steroid dienone is 1. The molecule has 0 saturated heterocycles. The summed E-state index contributed by atoms with van der Waals surface area (Å²) in [5.41, 5.74) is 6.76. The number of hydrazone groups is 1. The standard InChI is InChI=1S/C21H23N7OS/c1-15-10-11-18(16(2)13-15)24-19(29)14-30-21-27-26-20(28(21)22)25-23-12-6-9-17-7-4-3-5-8-17/h3-13H,14,22H2,1-2H3,(H,24,29)(H,25,26)/b9-6+,23-12+. The Balaban J connectivity index is 1.49. The highest BCUT2D eigenvalue weighted by molar-refractivity contribution is 7.99. The smallest absolute Gasteiger partial charge is 0.264 e. The Morgan fingerprint density at radius 3 is 2.77 bits per heavy atom. The van der Waals surface area contributed by atoms with Crippen molar-refractivity contribution in [3.05, 3.63) is 71.3 Å².